The van der Waals surface area contributed by atoms with Crippen molar-refractivity contribution < 1.29 is 13.2 Å². The van der Waals surface area contributed by atoms with Crippen molar-refractivity contribution >= 4 is 38.8 Å². The average Bonchev–Trinajstić information content (AvgIpc) is 3.26. The minimum absolute atomic E-state index is 0.247. The Balaban J connectivity index is 1.21. The van der Waals surface area contributed by atoms with E-state index in [0.717, 1.165) is 17.7 Å². The summed E-state index contributed by atoms with van der Waals surface area (Å²) >= 11 is 5.37. The number of benzene rings is 3. The lowest BCUT2D eigenvalue weighted by atomic mass is 10.0. The van der Waals surface area contributed by atoms with Crippen LogP contribution in [0.3, 0.4) is 0 Å². The SMILES string of the molecule is CC(=NNC(=S)Nc1ccc(S(=O)(=O)N2CCOCC2)cc1)c1ccc2c(c1)Cc1ccccc1-2. The molecule has 180 valence electrons. The van der Waals surface area contributed by atoms with Crippen molar-refractivity contribution in [2.45, 2.75) is 18.2 Å². The van der Waals surface area contributed by atoms with Crippen molar-refractivity contribution in [2.24, 2.45) is 5.10 Å². The Morgan fingerprint density at radius 2 is 1.69 bits per heavy atom. The fourth-order valence-corrected chi connectivity index (χ4v) is 5.95. The first-order valence-corrected chi connectivity index (χ1v) is 13.3. The monoisotopic (exact) mass is 506 g/mol. The van der Waals surface area contributed by atoms with Crippen LogP contribution < -0.4 is 10.7 Å². The number of anilines is 1. The van der Waals surface area contributed by atoms with Crippen molar-refractivity contribution in [1.82, 2.24) is 9.73 Å². The van der Waals surface area contributed by atoms with E-state index in [4.69, 9.17) is 17.0 Å². The molecule has 1 aliphatic carbocycles. The molecular formula is C26H26N4O3S2. The summed E-state index contributed by atoms with van der Waals surface area (Å²) in [6, 6.07) is 21.4. The summed E-state index contributed by atoms with van der Waals surface area (Å²) in [4.78, 5) is 0.247. The van der Waals surface area contributed by atoms with Gasteiger partial charge >= 0.3 is 0 Å². The Bertz CT molecular complexity index is 1400. The van der Waals surface area contributed by atoms with Crippen LogP contribution in [-0.4, -0.2) is 49.9 Å². The van der Waals surface area contributed by atoms with Crippen molar-refractivity contribution in [3.63, 3.8) is 0 Å². The summed E-state index contributed by atoms with van der Waals surface area (Å²) in [6.07, 6.45) is 0.928. The molecule has 3 aromatic carbocycles. The zero-order chi connectivity index (χ0) is 24.4. The van der Waals surface area contributed by atoms with E-state index in [1.54, 1.807) is 24.3 Å². The van der Waals surface area contributed by atoms with Crippen LogP contribution in [0.5, 0.6) is 0 Å². The maximum Gasteiger partial charge on any atom is 0.243 e. The number of sulfonamides is 1. The maximum atomic E-state index is 12.8. The summed E-state index contributed by atoms with van der Waals surface area (Å²) in [7, 11) is -3.53. The van der Waals surface area contributed by atoms with Crippen LogP contribution in [0.1, 0.15) is 23.6 Å². The second-order valence-electron chi connectivity index (χ2n) is 8.51. The molecule has 1 aliphatic heterocycles. The zero-order valence-electron chi connectivity index (χ0n) is 19.3. The number of rotatable bonds is 5. The molecule has 0 atom stereocenters. The molecule has 9 heteroatoms. The molecule has 3 aromatic rings. The predicted octanol–water partition coefficient (Wildman–Crippen LogP) is 3.99. The number of hydrogen-bond acceptors (Lipinski definition) is 5. The van der Waals surface area contributed by atoms with E-state index in [1.807, 2.05) is 6.92 Å². The Morgan fingerprint density at radius 3 is 2.46 bits per heavy atom. The molecule has 1 heterocycles. The topological polar surface area (TPSA) is 83.0 Å². The van der Waals surface area contributed by atoms with Crippen LogP contribution >= 0.6 is 12.2 Å². The van der Waals surface area contributed by atoms with E-state index in [9.17, 15) is 8.42 Å². The van der Waals surface area contributed by atoms with Crippen molar-refractivity contribution in [2.75, 3.05) is 31.6 Å². The quantitative estimate of drug-likeness (QED) is 0.242. The smallest absolute Gasteiger partial charge is 0.243 e. The zero-order valence-corrected chi connectivity index (χ0v) is 21.0. The number of hydrazone groups is 1. The van der Waals surface area contributed by atoms with Gasteiger partial charge in [0.2, 0.25) is 10.0 Å². The number of nitrogens with zero attached hydrogens (tertiary/aromatic N) is 2. The van der Waals surface area contributed by atoms with Crippen molar-refractivity contribution in [3.05, 3.63) is 83.4 Å². The first kappa shape index (κ1) is 23.6. The van der Waals surface area contributed by atoms with Crippen molar-refractivity contribution in [3.8, 4) is 11.1 Å². The van der Waals surface area contributed by atoms with Gasteiger partial charge in [-0.1, -0.05) is 36.4 Å². The first-order chi connectivity index (χ1) is 16.9. The van der Waals surface area contributed by atoms with Crippen LogP contribution in [-0.2, 0) is 21.2 Å². The van der Waals surface area contributed by atoms with E-state index in [-0.39, 0.29) is 4.90 Å². The second kappa shape index (κ2) is 9.87. The second-order valence-corrected chi connectivity index (χ2v) is 10.9. The van der Waals surface area contributed by atoms with Crippen LogP contribution in [0.25, 0.3) is 11.1 Å². The third-order valence-corrected chi connectivity index (χ3v) is 8.36. The highest BCUT2D eigenvalue weighted by Crippen LogP contribution is 2.36. The average molecular weight is 507 g/mol. The Hall–Kier alpha value is -3.11. The summed E-state index contributed by atoms with van der Waals surface area (Å²) in [5.74, 6) is 0. The van der Waals surface area contributed by atoms with Gasteiger partial charge < -0.3 is 10.1 Å². The molecule has 0 aromatic heterocycles. The molecule has 0 saturated carbocycles. The lowest BCUT2D eigenvalue weighted by Crippen LogP contribution is -2.40. The van der Waals surface area contributed by atoms with Gasteiger partial charge in [0.25, 0.3) is 0 Å². The van der Waals surface area contributed by atoms with Crippen LogP contribution in [0.4, 0.5) is 5.69 Å². The van der Waals surface area contributed by atoms with Gasteiger partial charge in [-0.2, -0.15) is 9.41 Å². The number of nitrogens with one attached hydrogen (secondary N) is 2. The molecule has 1 saturated heterocycles. The Labute approximate surface area is 210 Å². The van der Waals surface area contributed by atoms with Gasteiger partial charge in [0, 0.05) is 18.8 Å². The number of thiocarbonyl (C=S) groups is 1. The Kier molecular flexibility index (Phi) is 6.66. The van der Waals surface area contributed by atoms with E-state index >= 15 is 0 Å². The third-order valence-electron chi connectivity index (χ3n) is 6.26. The Morgan fingerprint density at radius 1 is 0.971 bits per heavy atom. The van der Waals surface area contributed by atoms with E-state index in [2.05, 4.69) is 58.3 Å². The minimum Gasteiger partial charge on any atom is -0.379 e. The number of ether oxygens (including phenoxy) is 1. The van der Waals surface area contributed by atoms with Gasteiger partial charge in [0.05, 0.1) is 23.8 Å². The van der Waals surface area contributed by atoms with Gasteiger partial charge in [-0.15, -0.1) is 0 Å². The number of fused-ring (bicyclic) bond motifs is 3. The van der Waals surface area contributed by atoms with E-state index < -0.39 is 10.0 Å². The summed E-state index contributed by atoms with van der Waals surface area (Å²) in [6.45, 7) is 3.50. The molecule has 0 unspecified atom stereocenters. The van der Waals surface area contributed by atoms with Gasteiger partial charge in [0.15, 0.2) is 5.11 Å². The maximum absolute atomic E-state index is 12.8. The van der Waals surface area contributed by atoms with Crippen molar-refractivity contribution in [1.29, 1.82) is 0 Å². The van der Waals surface area contributed by atoms with Crippen LogP contribution in [0.15, 0.2) is 76.7 Å². The fraction of sp³-hybridized carbons (Fsp3) is 0.231. The van der Waals surface area contributed by atoms with Gasteiger partial charge in [-0.05, 0) is 83.7 Å². The fourth-order valence-electron chi connectivity index (χ4n) is 4.37. The third kappa shape index (κ3) is 4.99. The number of morpholine rings is 1. The molecule has 0 amide bonds. The molecule has 35 heavy (non-hydrogen) atoms. The van der Waals surface area contributed by atoms with Crippen LogP contribution in [0.2, 0.25) is 0 Å². The standard InChI is InChI=1S/C26H26N4O3S2/c1-18(19-6-11-25-21(16-19)17-20-4-2-3-5-24(20)25)28-29-26(34)27-22-7-9-23(10-8-22)35(31,32)30-12-14-33-15-13-30/h2-11,16H,12-15,17H2,1H3,(H2,27,29,34). The molecule has 7 nitrogen and oxygen atoms in total. The van der Waals surface area contributed by atoms with Gasteiger partial charge in [-0.3, -0.25) is 5.43 Å². The van der Waals surface area contributed by atoms with E-state index in [1.165, 1.54) is 26.6 Å². The highest BCUT2D eigenvalue weighted by Gasteiger charge is 2.26. The highest BCUT2D eigenvalue weighted by molar-refractivity contribution is 7.89. The highest BCUT2D eigenvalue weighted by atomic mass is 32.2. The molecule has 0 radical (unpaired) electrons. The molecular weight excluding hydrogens is 480 g/mol. The van der Waals surface area contributed by atoms with Gasteiger partial charge in [0.1, 0.15) is 0 Å². The molecule has 5 rings (SSSR count). The predicted molar refractivity (Wildman–Crippen MR) is 142 cm³/mol. The molecule has 2 aliphatic rings. The lowest BCUT2D eigenvalue weighted by molar-refractivity contribution is 0.0730. The van der Waals surface area contributed by atoms with E-state index in [0.29, 0.717) is 37.1 Å². The minimum atomic E-state index is -3.53. The molecule has 0 spiro atoms. The number of hydrogen-bond donors (Lipinski definition) is 2. The lowest BCUT2D eigenvalue weighted by Gasteiger charge is -2.26. The normalized spacial score (nSPS) is 15.9. The molecule has 1 fully saturated rings. The van der Waals surface area contributed by atoms with Crippen LogP contribution in [0, 0.1) is 0 Å². The van der Waals surface area contributed by atoms with Gasteiger partial charge in [-0.25, -0.2) is 8.42 Å². The molecule has 2 N–H and O–H groups in total. The summed E-state index contributed by atoms with van der Waals surface area (Å²) in [5.41, 5.74) is 10.6. The largest absolute Gasteiger partial charge is 0.379 e. The summed E-state index contributed by atoms with van der Waals surface area (Å²) < 4.78 is 32.2. The molecule has 0 bridgehead atoms. The first-order valence-electron chi connectivity index (χ1n) is 11.4. The summed E-state index contributed by atoms with van der Waals surface area (Å²) in [5, 5.41) is 7.80.